The summed E-state index contributed by atoms with van der Waals surface area (Å²) in [6.07, 6.45) is 0. The molecule has 0 aliphatic rings. The van der Waals surface area contributed by atoms with Crippen LogP contribution < -0.4 is 10.6 Å². The molecule has 0 unspecified atom stereocenters. The summed E-state index contributed by atoms with van der Waals surface area (Å²) in [7, 11) is 0. The third kappa shape index (κ3) is 2.05. The molecule has 2 heterocycles. The number of anilines is 1. The van der Waals surface area contributed by atoms with Gasteiger partial charge in [0, 0.05) is 5.39 Å². The number of nitrogens with zero attached hydrogens (tertiary/aromatic N) is 3. The van der Waals surface area contributed by atoms with E-state index in [1.165, 1.54) is 11.3 Å². The molecule has 0 radical (unpaired) electrons. The Morgan fingerprint density at radius 3 is 2.73 bits per heavy atom. The SMILES string of the molecule is Nc1nc(Cn2c(=O)sc3ccccc32)nc2ccccc12. The van der Waals surface area contributed by atoms with Crippen LogP contribution in [0.25, 0.3) is 21.1 Å². The summed E-state index contributed by atoms with van der Waals surface area (Å²) < 4.78 is 2.64. The Kier molecular flexibility index (Phi) is 2.90. The van der Waals surface area contributed by atoms with E-state index in [-0.39, 0.29) is 4.87 Å². The maximum atomic E-state index is 12.2. The van der Waals surface area contributed by atoms with Crippen molar-refractivity contribution >= 4 is 38.3 Å². The minimum Gasteiger partial charge on any atom is -0.383 e. The summed E-state index contributed by atoms with van der Waals surface area (Å²) in [5.41, 5.74) is 7.69. The molecule has 0 fully saturated rings. The number of nitrogens with two attached hydrogens (primary N) is 1. The molecular weight excluding hydrogens is 296 g/mol. The van der Waals surface area contributed by atoms with E-state index < -0.39 is 0 Å². The largest absolute Gasteiger partial charge is 0.383 e. The van der Waals surface area contributed by atoms with Crippen molar-refractivity contribution in [3.05, 3.63) is 64.0 Å². The lowest BCUT2D eigenvalue weighted by Gasteiger charge is -2.06. The predicted octanol–water partition coefficient (Wildman–Crippen LogP) is 2.64. The third-order valence-electron chi connectivity index (χ3n) is 3.55. The van der Waals surface area contributed by atoms with Crippen LogP contribution in [0.1, 0.15) is 5.82 Å². The summed E-state index contributed by atoms with van der Waals surface area (Å²) >= 11 is 1.23. The number of rotatable bonds is 2. The van der Waals surface area contributed by atoms with Gasteiger partial charge in [0.2, 0.25) is 0 Å². The molecule has 0 amide bonds. The van der Waals surface area contributed by atoms with E-state index in [0.717, 1.165) is 21.1 Å². The number of para-hydroxylation sites is 2. The molecule has 6 heteroatoms. The molecule has 108 valence electrons. The quantitative estimate of drug-likeness (QED) is 0.618. The zero-order valence-electron chi connectivity index (χ0n) is 11.6. The highest BCUT2D eigenvalue weighted by Crippen LogP contribution is 2.20. The highest BCUT2D eigenvalue weighted by atomic mass is 32.1. The molecule has 22 heavy (non-hydrogen) atoms. The first-order valence-corrected chi connectivity index (χ1v) is 7.63. The fourth-order valence-electron chi connectivity index (χ4n) is 2.53. The second kappa shape index (κ2) is 4.92. The van der Waals surface area contributed by atoms with Crippen molar-refractivity contribution in [2.45, 2.75) is 6.54 Å². The number of hydrogen-bond acceptors (Lipinski definition) is 5. The molecule has 0 saturated heterocycles. The summed E-state index contributed by atoms with van der Waals surface area (Å²) in [5.74, 6) is 0.982. The van der Waals surface area contributed by atoms with Gasteiger partial charge in [-0.3, -0.25) is 9.36 Å². The maximum absolute atomic E-state index is 12.2. The van der Waals surface area contributed by atoms with Crippen LogP contribution >= 0.6 is 11.3 Å². The van der Waals surface area contributed by atoms with E-state index in [1.807, 2.05) is 48.5 Å². The Bertz CT molecular complexity index is 1050. The average Bonchev–Trinajstić information content (AvgIpc) is 2.84. The minimum atomic E-state index is -0.0171. The number of nitrogen functional groups attached to an aromatic ring is 1. The summed E-state index contributed by atoms with van der Waals surface area (Å²) in [5, 5.41) is 0.828. The predicted molar refractivity (Wildman–Crippen MR) is 89.1 cm³/mol. The Hall–Kier alpha value is -2.73. The first-order valence-electron chi connectivity index (χ1n) is 6.82. The Labute approximate surface area is 129 Å². The highest BCUT2D eigenvalue weighted by molar-refractivity contribution is 7.16. The molecule has 0 aliphatic carbocycles. The second-order valence-corrected chi connectivity index (χ2v) is 5.96. The number of fused-ring (bicyclic) bond motifs is 2. The molecule has 0 spiro atoms. The fraction of sp³-hybridized carbons (Fsp3) is 0.0625. The molecule has 4 aromatic rings. The van der Waals surface area contributed by atoms with Crippen LogP contribution in [-0.2, 0) is 6.54 Å². The molecule has 2 aromatic heterocycles. The normalized spacial score (nSPS) is 11.3. The van der Waals surface area contributed by atoms with E-state index in [9.17, 15) is 4.79 Å². The van der Waals surface area contributed by atoms with Gasteiger partial charge in [0.05, 0.1) is 22.3 Å². The van der Waals surface area contributed by atoms with Gasteiger partial charge >= 0.3 is 4.87 Å². The van der Waals surface area contributed by atoms with E-state index in [0.29, 0.717) is 18.2 Å². The zero-order chi connectivity index (χ0) is 15.1. The van der Waals surface area contributed by atoms with Crippen molar-refractivity contribution in [3.8, 4) is 0 Å². The Morgan fingerprint density at radius 2 is 1.82 bits per heavy atom. The average molecular weight is 308 g/mol. The van der Waals surface area contributed by atoms with Crippen molar-refractivity contribution < 1.29 is 0 Å². The van der Waals surface area contributed by atoms with Crippen molar-refractivity contribution in [2.24, 2.45) is 0 Å². The summed E-state index contributed by atoms with van der Waals surface area (Å²) in [6.45, 7) is 0.317. The zero-order valence-corrected chi connectivity index (χ0v) is 12.4. The van der Waals surface area contributed by atoms with Crippen LogP contribution in [0, 0.1) is 0 Å². The molecule has 0 aliphatic heterocycles. The molecule has 4 rings (SSSR count). The highest BCUT2D eigenvalue weighted by Gasteiger charge is 2.10. The Morgan fingerprint density at radius 1 is 1.05 bits per heavy atom. The lowest BCUT2D eigenvalue weighted by Crippen LogP contribution is -2.16. The first kappa shape index (κ1) is 13.0. The molecule has 0 saturated carbocycles. The minimum absolute atomic E-state index is 0.0171. The van der Waals surface area contributed by atoms with Crippen LogP contribution in [0.2, 0.25) is 0 Å². The van der Waals surface area contributed by atoms with Crippen molar-refractivity contribution in [1.29, 1.82) is 0 Å². The summed E-state index contributed by atoms with van der Waals surface area (Å²) in [4.78, 5) is 21.0. The smallest absolute Gasteiger partial charge is 0.308 e. The molecule has 2 N–H and O–H groups in total. The number of aromatic nitrogens is 3. The van der Waals surface area contributed by atoms with Gasteiger partial charge < -0.3 is 5.73 Å². The van der Waals surface area contributed by atoms with Gasteiger partial charge in [-0.1, -0.05) is 35.6 Å². The molecule has 0 bridgehead atoms. The van der Waals surface area contributed by atoms with Crippen LogP contribution in [0.4, 0.5) is 5.82 Å². The monoisotopic (exact) mass is 308 g/mol. The van der Waals surface area contributed by atoms with Gasteiger partial charge in [-0.25, -0.2) is 9.97 Å². The van der Waals surface area contributed by atoms with E-state index in [1.54, 1.807) is 4.57 Å². The van der Waals surface area contributed by atoms with Crippen LogP contribution in [0.5, 0.6) is 0 Å². The summed E-state index contributed by atoms with van der Waals surface area (Å²) in [6, 6.07) is 15.3. The van der Waals surface area contributed by atoms with Crippen molar-refractivity contribution in [2.75, 3.05) is 5.73 Å². The van der Waals surface area contributed by atoms with Crippen LogP contribution in [0.3, 0.4) is 0 Å². The van der Waals surface area contributed by atoms with Gasteiger partial charge in [-0.05, 0) is 24.3 Å². The third-order valence-corrected chi connectivity index (χ3v) is 4.51. The Balaban J connectivity index is 1.86. The second-order valence-electron chi connectivity index (χ2n) is 4.96. The lowest BCUT2D eigenvalue weighted by atomic mass is 10.2. The van der Waals surface area contributed by atoms with Crippen LogP contribution in [-0.4, -0.2) is 14.5 Å². The first-order chi connectivity index (χ1) is 10.7. The van der Waals surface area contributed by atoms with Crippen LogP contribution in [0.15, 0.2) is 53.3 Å². The van der Waals surface area contributed by atoms with E-state index >= 15 is 0 Å². The number of hydrogen-bond donors (Lipinski definition) is 1. The number of benzene rings is 2. The van der Waals surface area contributed by atoms with Crippen molar-refractivity contribution in [3.63, 3.8) is 0 Å². The van der Waals surface area contributed by atoms with Gasteiger partial charge in [0.25, 0.3) is 0 Å². The molecule has 0 atom stereocenters. The van der Waals surface area contributed by atoms with Gasteiger partial charge in [0.15, 0.2) is 5.82 Å². The van der Waals surface area contributed by atoms with E-state index in [2.05, 4.69) is 9.97 Å². The maximum Gasteiger partial charge on any atom is 0.308 e. The van der Waals surface area contributed by atoms with Gasteiger partial charge in [0.1, 0.15) is 5.82 Å². The van der Waals surface area contributed by atoms with Crippen molar-refractivity contribution in [1.82, 2.24) is 14.5 Å². The van der Waals surface area contributed by atoms with Gasteiger partial charge in [-0.2, -0.15) is 0 Å². The fourth-order valence-corrected chi connectivity index (χ4v) is 3.42. The molecule has 5 nitrogen and oxygen atoms in total. The number of thiazole rings is 1. The lowest BCUT2D eigenvalue weighted by molar-refractivity contribution is 0.764. The molecular formula is C16H12N4OS. The standard InChI is InChI=1S/C16H12N4OS/c17-15-10-5-1-2-6-11(10)18-14(19-15)9-20-12-7-3-4-8-13(12)22-16(20)21/h1-8H,9H2,(H2,17,18,19). The molecule has 2 aromatic carbocycles. The van der Waals surface area contributed by atoms with Gasteiger partial charge in [-0.15, -0.1) is 0 Å². The topological polar surface area (TPSA) is 73.8 Å². The van der Waals surface area contributed by atoms with E-state index in [4.69, 9.17) is 5.73 Å².